The van der Waals surface area contributed by atoms with Crippen LogP contribution in [0.15, 0.2) is 18.2 Å². The van der Waals surface area contributed by atoms with Crippen molar-refractivity contribution in [2.75, 3.05) is 25.5 Å². The minimum atomic E-state index is -0.265. The highest BCUT2D eigenvalue weighted by atomic mass is 35.5. The van der Waals surface area contributed by atoms with Crippen LogP contribution in [0.1, 0.15) is 13.8 Å². The Labute approximate surface area is 134 Å². The normalized spacial score (nSPS) is 10.8. The monoisotopic (exact) mass is 331 g/mol. The summed E-state index contributed by atoms with van der Waals surface area (Å²) in [6, 6.07) is 4.90. The number of nitrogens with zero attached hydrogens (tertiary/aromatic N) is 1. The molecule has 0 aliphatic rings. The number of carbonyl (C=O) groups is 2. The van der Waals surface area contributed by atoms with Gasteiger partial charge in [0.05, 0.1) is 23.8 Å². The Morgan fingerprint density at radius 3 is 2.43 bits per heavy atom. The zero-order valence-corrected chi connectivity index (χ0v) is 13.8. The van der Waals surface area contributed by atoms with Gasteiger partial charge in [0.25, 0.3) is 0 Å². The zero-order chi connectivity index (χ0) is 16.0. The van der Waals surface area contributed by atoms with Gasteiger partial charge in [-0.1, -0.05) is 23.2 Å². The van der Waals surface area contributed by atoms with Crippen LogP contribution in [0.25, 0.3) is 0 Å². The fourth-order valence-electron chi connectivity index (χ4n) is 1.70. The Balaban J connectivity index is 2.49. The number of rotatable bonds is 6. The van der Waals surface area contributed by atoms with Crippen molar-refractivity contribution < 1.29 is 9.59 Å². The molecule has 0 saturated carbocycles. The second-order valence-electron chi connectivity index (χ2n) is 5.07. The maximum Gasteiger partial charge on any atom is 0.238 e. The molecule has 2 amide bonds. The molecule has 1 rings (SSSR count). The number of halogens is 2. The smallest absolute Gasteiger partial charge is 0.238 e. The van der Waals surface area contributed by atoms with Gasteiger partial charge in [0.1, 0.15) is 0 Å². The van der Waals surface area contributed by atoms with Gasteiger partial charge in [0, 0.05) is 11.1 Å². The Bertz CT molecular complexity index is 521. The predicted octanol–water partition coefficient (Wildman–Crippen LogP) is 2.39. The summed E-state index contributed by atoms with van der Waals surface area (Å²) < 4.78 is 0. The molecule has 0 aliphatic carbocycles. The van der Waals surface area contributed by atoms with Crippen molar-refractivity contribution in [2.24, 2.45) is 0 Å². The van der Waals surface area contributed by atoms with E-state index >= 15 is 0 Å². The molecule has 0 spiro atoms. The zero-order valence-electron chi connectivity index (χ0n) is 12.2. The van der Waals surface area contributed by atoms with Crippen molar-refractivity contribution in [1.29, 1.82) is 0 Å². The Kier molecular flexibility index (Phi) is 6.95. The van der Waals surface area contributed by atoms with Crippen LogP contribution >= 0.6 is 23.2 Å². The van der Waals surface area contributed by atoms with Crippen LogP contribution in [-0.4, -0.2) is 42.9 Å². The topological polar surface area (TPSA) is 61.4 Å². The van der Waals surface area contributed by atoms with E-state index in [2.05, 4.69) is 10.6 Å². The third kappa shape index (κ3) is 6.80. The lowest BCUT2D eigenvalue weighted by molar-refractivity contribution is -0.123. The number of likely N-dealkylation sites (N-methyl/N-ethyl adjacent to an activating group) is 1. The van der Waals surface area contributed by atoms with E-state index in [0.717, 1.165) is 0 Å². The lowest BCUT2D eigenvalue weighted by atomic mass is 10.3. The molecule has 0 atom stereocenters. The van der Waals surface area contributed by atoms with E-state index in [-0.39, 0.29) is 30.9 Å². The summed E-state index contributed by atoms with van der Waals surface area (Å²) in [5.41, 5.74) is 0.453. The molecule has 0 aliphatic heterocycles. The summed E-state index contributed by atoms with van der Waals surface area (Å²) in [7, 11) is 1.69. The number of carbonyl (C=O) groups excluding carboxylic acids is 2. The number of hydrogen-bond donors (Lipinski definition) is 2. The van der Waals surface area contributed by atoms with Crippen molar-refractivity contribution in [3.8, 4) is 0 Å². The molecule has 21 heavy (non-hydrogen) atoms. The van der Waals surface area contributed by atoms with Crippen LogP contribution in [0.3, 0.4) is 0 Å². The van der Waals surface area contributed by atoms with Crippen molar-refractivity contribution >= 4 is 40.7 Å². The van der Waals surface area contributed by atoms with Crippen LogP contribution in [-0.2, 0) is 9.59 Å². The minimum absolute atomic E-state index is 0.0741. The van der Waals surface area contributed by atoms with Gasteiger partial charge in [-0.3, -0.25) is 14.5 Å². The first-order valence-electron chi connectivity index (χ1n) is 6.50. The molecule has 7 heteroatoms. The van der Waals surface area contributed by atoms with Crippen molar-refractivity contribution in [1.82, 2.24) is 10.2 Å². The highest BCUT2D eigenvalue weighted by Gasteiger charge is 2.12. The first-order chi connectivity index (χ1) is 9.77. The summed E-state index contributed by atoms with van der Waals surface area (Å²) in [6.45, 7) is 3.99. The maximum atomic E-state index is 11.9. The van der Waals surface area contributed by atoms with Crippen LogP contribution in [0, 0.1) is 0 Å². The minimum Gasteiger partial charge on any atom is -0.353 e. The molecule has 5 nitrogen and oxygen atoms in total. The highest BCUT2D eigenvalue weighted by molar-refractivity contribution is 6.35. The molecule has 116 valence electrons. The molecule has 0 aromatic heterocycles. The lowest BCUT2D eigenvalue weighted by Crippen LogP contribution is -2.41. The molecule has 0 radical (unpaired) electrons. The number of nitrogens with one attached hydrogen (secondary N) is 2. The predicted molar refractivity (Wildman–Crippen MR) is 85.9 cm³/mol. The molecule has 0 heterocycles. The van der Waals surface area contributed by atoms with Gasteiger partial charge in [-0.25, -0.2) is 0 Å². The Morgan fingerprint density at radius 1 is 1.19 bits per heavy atom. The van der Waals surface area contributed by atoms with E-state index in [1.165, 1.54) is 0 Å². The van der Waals surface area contributed by atoms with E-state index in [1.54, 1.807) is 30.1 Å². The van der Waals surface area contributed by atoms with Gasteiger partial charge in [-0.15, -0.1) is 0 Å². The van der Waals surface area contributed by atoms with Crippen molar-refractivity contribution in [3.63, 3.8) is 0 Å². The summed E-state index contributed by atoms with van der Waals surface area (Å²) in [6.07, 6.45) is 0. The van der Waals surface area contributed by atoms with Gasteiger partial charge >= 0.3 is 0 Å². The third-order valence-corrected chi connectivity index (χ3v) is 3.04. The van der Waals surface area contributed by atoms with E-state index in [0.29, 0.717) is 15.7 Å². The third-order valence-electron chi connectivity index (χ3n) is 2.48. The lowest BCUT2D eigenvalue weighted by Gasteiger charge is -2.17. The number of amides is 2. The first kappa shape index (κ1) is 17.8. The van der Waals surface area contributed by atoms with Gasteiger partial charge in [-0.2, -0.15) is 0 Å². The first-order valence-corrected chi connectivity index (χ1v) is 7.26. The van der Waals surface area contributed by atoms with Crippen molar-refractivity contribution in [2.45, 2.75) is 19.9 Å². The quantitative estimate of drug-likeness (QED) is 0.841. The Hall–Kier alpha value is -1.30. The molecule has 0 saturated heterocycles. The molecule has 0 fully saturated rings. The van der Waals surface area contributed by atoms with E-state index in [4.69, 9.17) is 23.2 Å². The van der Waals surface area contributed by atoms with E-state index < -0.39 is 0 Å². The number of anilines is 1. The van der Waals surface area contributed by atoms with Crippen molar-refractivity contribution in [3.05, 3.63) is 28.2 Å². The van der Waals surface area contributed by atoms with Gasteiger partial charge < -0.3 is 10.6 Å². The summed E-state index contributed by atoms with van der Waals surface area (Å²) in [4.78, 5) is 25.1. The van der Waals surface area contributed by atoms with Crippen LogP contribution in [0.2, 0.25) is 10.0 Å². The summed E-state index contributed by atoms with van der Waals surface area (Å²) >= 11 is 11.8. The SMILES string of the molecule is CC(C)NC(=O)CN(C)CC(=O)Nc1cc(Cl)ccc1Cl. The molecular formula is C14H19Cl2N3O2. The largest absolute Gasteiger partial charge is 0.353 e. The number of benzene rings is 1. The molecule has 2 N–H and O–H groups in total. The standard InChI is InChI=1S/C14H19Cl2N3O2/c1-9(2)17-13(20)7-19(3)8-14(21)18-12-6-10(15)4-5-11(12)16/h4-6,9H,7-8H2,1-3H3,(H,17,20)(H,18,21). The van der Waals surface area contributed by atoms with Gasteiger partial charge in [0.2, 0.25) is 11.8 Å². The van der Waals surface area contributed by atoms with Gasteiger partial charge in [0.15, 0.2) is 0 Å². The summed E-state index contributed by atoms with van der Waals surface area (Å²) in [5.74, 6) is -0.389. The van der Waals surface area contributed by atoms with Gasteiger partial charge in [-0.05, 0) is 39.1 Å². The average molecular weight is 332 g/mol. The van der Waals surface area contributed by atoms with Crippen LogP contribution in [0.5, 0.6) is 0 Å². The molecule has 0 bridgehead atoms. The van der Waals surface area contributed by atoms with Crippen LogP contribution in [0.4, 0.5) is 5.69 Å². The fraction of sp³-hybridized carbons (Fsp3) is 0.429. The molecule has 0 unspecified atom stereocenters. The molecular weight excluding hydrogens is 313 g/mol. The van der Waals surface area contributed by atoms with E-state index in [9.17, 15) is 9.59 Å². The highest BCUT2D eigenvalue weighted by Crippen LogP contribution is 2.25. The molecule has 1 aromatic rings. The Morgan fingerprint density at radius 2 is 1.81 bits per heavy atom. The maximum absolute atomic E-state index is 11.9. The van der Waals surface area contributed by atoms with Crippen LogP contribution < -0.4 is 10.6 Å². The second-order valence-corrected chi connectivity index (χ2v) is 5.91. The second kappa shape index (κ2) is 8.22. The fourth-order valence-corrected chi connectivity index (χ4v) is 2.03. The number of hydrogen-bond acceptors (Lipinski definition) is 3. The average Bonchev–Trinajstić information content (AvgIpc) is 2.32. The molecule has 1 aromatic carbocycles. The summed E-state index contributed by atoms with van der Waals surface area (Å²) in [5, 5.41) is 6.33. The van der Waals surface area contributed by atoms with E-state index in [1.807, 2.05) is 13.8 Å².